The molecular weight excluding hydrogens is 216 g/mol. The molecule has 17 heavy (non-hydrogen) atoms. The summed E-state index contributed by atoms with van der Waals surface area (Å²) < 4.78 is 11.1. The van der Waals surface area contributed by atoms with E-state index < -0.39 is 0 Å². The van der Waals surface area contributed by atoms with Gasteiger partial charge in [-0.25, -0.2) is 0 Å². The van der Waals surface area contributed by atoms with Gasteiger partial charge in [0.05, 0.1) is 25.0 Å². The fraction of sp³-hybridized carbons (Fsp3) is 0.692. The predicted molar refractivity (Wildman–Crippen MR) is 67.0 cm³/mol. The number of rotatable bonds is 5. The van der Waals surface area contributed by atoms with Crippen LogP contribution >= 0.6 is 0 Å². The highest BCUT2D eigenvalue weighted by Crippen LogP contribution is 2.12. The molecule has 0 radical (unpaired) electrons. The van der Waals surface area contributed by atoms with Crippen LogP contribution in [0.4, 0.5) is 0 Å². The Kier molecular flexibility index (Phi) is 4.59. The molecular formula is C13H22N2O2. The van der Waals surface area contributed by atoms with Gasteiger partial charge in [-0.15, -0.1) is 0 Å². The van der Waals surface area contributed by atoms with Gasteiger partial charge in [0.15, 0.2) is 0 Å². The molecule has 0 spiro atoms. The molecule has 0 bridgehead atoms. The van der Waals surface area contributed by atoms with Gasteiger partial charge in [-0.2, -0.15) is 0 Å². The number of likely N-dealkylation sites (N-methyl/N-ethyl adjacent to an activating group) is 1. The summed E-state index contributed by atoms with van der Waals surface area (Å²) in [5.41, 5.74) is 0. The van der Waals surface area contributed by atoms with Crippen LogP contribution in [0.25, 0.3) is 0 Å². The minimum Gasteiger partial charge on any atom is -0.468 e. The average molecular weight is 238 g/mol. The van der Waals surface area contributed by atoms with E-state index in [0.29, 0.717) is 6.10 Å². The summed E-state index contributed by atoms with van der Waals surface area (Å²) in [7, 11) is 0. The SMILES string of the molecule is CCN1CCOC(CN[C@H](C)c2ccco2)C1. The molecule has 1 aliphatic rings. The van der Waals surface area contributed by atoms with Crippen molar-refractivity contribution in [2.75, 3.05) is 32.8 Å². The van der Waals surface area contributed by atoms with Crippen LogP contribution in [0.2, 0.25) is 0 Å². The topological polar surface area (TPSA) is 37.6 Å². The quantitative estimate of drug-likeness (QED) is 0.846. The Hall–Kier alpha value is -0.840. The van der Waals surface area contributed by atoms with Crippen molar-refractivity contribution in [1.82, 2.24) is 10.2 Å². The Labute approximate surface area is 103 Å². The third-order valence-electron chi connectivity index (χ3n) is 3.29. The molecule has 2 heterocycles. The average Bonchev–Trinajstić information content (AvgIpc) is 2.90. The van der Waals surface area contributed by atoms with Crippen LogP contribution in [0.15, 0.2) is 22.8 Å². The van der Waals surface area contributed by atoms with Gasteiger partial charge in [-0.1, -0.05) is 6.92 Å². The minimum atomic E-state index is 0.241. The highest BCUT2D eigenvalue weighted by molar-refractivity contribution is 5.02. The lowest BCUT2D eigenvalue weighted by Gasteiger charge is -2.32. The molecule has 1 fully saturated rings. The minimum absolute atomic E-state index is 0.241. The van der Waals surface area contributed by atoms with E-state index in [-0.39, 0.29) is 6.04 Å². The van der Waals surface area contributed by atoms with Crippen molar-refractivity contribution in [2.45, 2.75) is 26.0 Å². The number of ether oxygens (including phenoxy) is 1. The summed E-state index contributed by atoms with van der Waals surface area (Å²) in [5.74, 6) is 0.980. The zero-order chi connectivity index (χ0) is 12.1. The fourth-order valence-electron chi connectivity index (χ4n) is 2.14. The second-order valence-corrected chi connectivity index (χ2v) is 4.53. The Morgan fingerprint density at radius 3 is 3.18 bits per heavy atom. The van der Waals surface area contributed by atoms with Crippen molar-refractivity contribution in [3.63, 3.8) is 0 Å². The largest absolute Gasteiger partial charge is 0.468 e. The number of hydrogen-bond acceptors (Lipinski definition) is 4. The zero-order valence-corrected chi connectivity index (χ0v) is 10.7. The molecule has 1 N–H and O–H groups in total. The van der Waals surface area contributed by atoms with Crippen LogP contribution in [0.1, 0.15) is 25.6 Å². The smallest absolute Gasteiger partial charge is 0.120 e. The maximum absolute atomic E-state index is 5.74. The van der Waals surface area contributed by atoms with Gasteiger partial charge >= 0.3 is 0 Å². The standard InChI is InChI=1S/C13H22N2O2/c1-3-15-6-8-16-12(10-15)9-14-11(2)13-5-4-7-17-13/h4-5,7,11-12,14H,3,6,8-10H2,1-2H3/t11-,12?/m1/s1. The van der Waals surface area contributed by atoms with Crippen LogP contribution in [-0.2, 0) is 4.74 Å². The number of hydrogen-bond donors (Lipinski definition) is 1. The van der Waals surface area contributed by atoms with E-state index in [2.05, 4.69) is 24.1 Å². The lowest BCUT2D eigenvalue weighted by molar-refractivity contribution is -0.0264. The predicted octanol–water partition coefficient (Wildman–Crippen LogP) is 1.65. The molecule has 4 heteroatoms. The van der Waals surface area contributed by atoms with Gasteiger partial charge in [0, 0.05) is 19.6 Å². The highest BCUT2D eigenvalue weighted by Gasteiger charge is 2.20. The Bertz CT molecular complexity index is 313. The summed E-state index contributed by atoms with van der Waals surface area (Å²) in [6.45, 7) is 9.21. The third kappa shape index (κ3) is 3.56. The van der Waals surface area contributed by atoms with Crippen molar-refractivity contribution < 1.29 is 9.15 Å². The molecule has 1 aromatic rings. The number of morpholine rings is 1. The van der Waals surface area contributed by atoms with Gasteiger partial charge in [0.25, 0.3) is 0 Å². The molecule has 0 amide bonds. The van der Waals surface area contributed by atoms with Crippen molar-refractivity contribution in [3.05, 3.63) is 24.2 Å². The van der Waals surface area contributed by atoms with Gasteiger partial charge in [-0.3, -0.25) is 4.90 Å². The van der Waals surface area contributed by atoms with Crippen LogP contribution in [0.3, 0.4) is 0 Å². The van der Waals surface area contributed by atoms with Crippen LogP contribution in [0, 0.1) is 0 Å². The van der Waals surface area contributed by atoms with Gasteiger partial charge < -0.3 is 14.5 Å². The molecule has 2 atom stereocenters. The Morgan fingerprint density at radius 1 is 1.59 bits per heavy atom. The first-order chi connectivity index (χ1) is 8.29. The molecule has 0 aromatic carbocycles. The van der Waals surface area contributed by atoms with Crippen LogP contribution < -0.4 is 5.32 Å². The van der Waals surface area contributed by atoms with E-state index in [0.717, 1.165) is 38.5 Å². The second kappa shape index (κ2) is 6.19. The third-order valence-corrected chi connectivity index (χ3v) is 3.29. The lowest BCUT2D eigenvalue weighted by Crippen LogP contribution is -2.46. The molecule has 1 aromatic heterocycles. The van der Waals surface area contributed by atoms with E-state index in [1.165, 1.54) is 0 Å². The molecule has 0 aliphatic carbocycles. The van der Waals surface area contributed by atoms with Crippen molar-refractivity contribution >= 4 is 0 Å². The summed E-state index contributed by atoms with van der Waals surface area (Å²) in [6.07, 6.45) is 2.00. The molecule has 96 valence electrons. The van der Waals surface area contributed by atoms with Crippen molar-refractivity contribution in [1.29, 1.82) is 0 Å². The zero-order valence-electron chi connectivity index (χ0n) is 10.7. The number of furan rings is 1. The molecule has 0 saturated carbocycles. The summed E-state index contributed by atoms with van der Waals surface area (Å²) in [4.78, 5) is 2.42. The first kappa shape index (κ1) is 12.6. The summed E-state index contributed by atoms with van der Waals surface area (Å²) in [6, 6.07) is 4.16. The van der Waals surface area contributed by atoms with Crippen LogP contribution in [-0.4, -0.2) is 43.8 Å². The first-order valence-corrected chi connectivity index (χ1v) is 6.40. The first-order valence-electron chi connectivity index (χ1n) is 6.40. The lowest BCUT2D eigenvalue weighted by atomic mass is 10.2. The Morgan fingerprint density at radius 2 is 2.47 bits per heavy atom. The highest BCUT2D eigenvalue weighted by atomic mass is 16.5. The van der Waals surface area contributed by atoms with Gasteiger partial charge in [0.2, 0.25) is 0 Å². The van der Waals surface area contributed by atoms with Crippen LogP contribution in [0.5, 0.6) is 0 Å². The molecule has 1 aliphatic heterocycles. The summed E-state index contributed by atoms with van der Waals surface area (Å²) >= 11 is 0. The normalized spacial score (nSPS) is 23.8. The van der Waals surface area contributed by atoms with Gasteiger partial charge in [0.1, 0.15) is 5.76 Å². The van der Waals surface area contributed by atoms with Gasteiger partial charge in [-0.05, 0) is 25.6 Å². The fourth-order valence-corrected chi connectivity index (χ4v) is 2.14. The Balaban J connectivity index is 1.74. The van der Waals surface area contributed by atoms with Crippen molar-refractivity contribution in [2.24, 2.45) is 0 Å². The maximum Gasteiger partial charge on any atom is 0.120 e. The van der Waals surface area contributed by atoms with Crippen molar-refractivity contribution in [3.8, 4) is 0 Å². The molecule has 1 unspecified atom stereocenters. The van der Waals surface area contributed by atoms with E-state index in [1.807, 2.05) is 12.1 Å². The summed E-state index contributed by atoms with van der Waals surface area (Å²) in [5, 5.41) is 3.45. The maximum atomic E-state index is 5.74. The van der Waals surface area contributed by atoms with E-state index in [1.54, 1.807) is 6.26 Å². The molecule has 2 rings (SSSR count). The number of nitrogens with zero attached hydrogens (tertiary/aromatic N) is 1. The number of nitrogens with one attached hydrogen (secondary N) is 1. The molecule has 1 saturated heterocycles. The van der Waals surface area contributed by atoms with E-state index in [9.17, 15) is 0 Å². The van der Waals surface area contributed by atoms with E-state index in [4.69, 9.17) is 9.15 Å². The molecule has 4 nitrogen and oxygen atoms in total. The second-order valence-electron chi connectivity index (χ2n) is 4.53. The van der Waals surface area contributed by atoms with E-state index >= 15 is 0 Å². The monoisotopic (exact) mass is 238 g/mol.